The fourth-order valence-electron chi connectivity index (χ4n) is 1.20. The molecule has 0 saturated carbocycles. The van der Waals surface area contributed by atoms with Crippen LogP contribution in [0.15, 0.2) is 6.07 Å². The molecule has 0 saturated heterocycles. The molecule has 0 aromatic carbocycles. The molecule has 0 spiro atoms. The lowest BCUT2D eigenvalue weighted by Crippen LogP contribution is -2.31. The van der Waals surface area contributed by atoms with E-state index in [1.54, 1.807) is 11.8 Å². The fraction of sp³-hybridized carbons (Fsp3) is 0.667. The van der Waals surface area contributed by atoms with Crippen LogP contribution in [0.3, 0.4) is 0 Å². The predicted molar refractivity (Wildman–Crippen MR) is 53.3 cm³/mol. The van der Waals surface area contributed by atoms with Gasteiger partial charge in [0.2, 0.25) is 5.88 Å². The van der Waals surface area contributed by atoms with Crippen molar-refractivity contribution in [3.05, 3.63) is 11.8 Å². The standard InChI is InChI=1S/C9H17N3O2/c1-7-4-9(12(2)11-7)14-8(5-10)6-13-3/h4,8H,5-6,10H2,1-3H3. The van der Waals surface area contributed by atoms with Crippen LogP contribution in [0.1, 0.15) is 5.69 Å². The number of nitrogens with zero attached hydrogens (tertiary/aromatic N) is 2. The largest absolute Gasteiger partial charge is 0.471 e. The molecule has 0 radical (unpaired) electrons. The second-order valence-corrected chi connectivity index (χ2v) is 3.18. The Bertz CT molecular complexity index is 286. The zero-order valence-electron chi connectivity index (χ0n) is 8.86. The van der Waals surface area contributed by atoms with Crippen LogP contribution in [0, 0.1) is 6.92 Å². The molecule has 80 valence electrons. The number of hydrogen-bond acceptors (Lipinski definition) is 4. The smallest absolute Gasteiger partial charge is 0.212 e. The van der Waals surface area contributed by atoms with E-state index in [0.717, 1.165) is 11.6 Å². The van der Waals surface area contributed by atoms with Gasteiger partial charge < -0.3 is 15.2 Å². The molecular formula is C9H17N3O2. The maximum absolute atomic E-state index is 5.61. The number of aromatic nitrogens is 2. The minimum atomic E-state index is -0.116. The molecule has 2 N–H and O–H groups in total. The summed E-state index contributed by atoms with van der Waals surface area (Å²) in [4.78, 5) is 0. The molecule has 1 unspecified atom stereocenters. The van der Waals surface area contributed by atoms with Crippen LogP contribution in [-0.2, 0) is 11.8 Å². The predicted octanol–water partition coefficient (Wildman–Crippen LogP) is 0.0810. The van der Waals surface area contributed by atoms with Crippen molar-refractivity contribution in [1.82, 2.24) is 9.78 Å². The third-order valence-corrected chi connectivity index (χ3v) is 1.86. The maximum atomic E-state index is 5.61. The zero-order valence-corrected chi connectivity index (χ0v) is 8.86. The van der Waals surface area contributed by atoms with Crippen molar-refractivity contribution >= 4 is 0 Å². The minimum Gasteiger partial charge on any atom is -0.471 e. The van der Waals surface area contributed by atoms with Gasteiger partial charge in [0.05, 0.1) is 12.3 Å². The highest BCUT2D eigenvalue weighted by atomic mass is 16.5. The SMILES string of the molecule is COCC(CN)Oc1cc(C)nn1C. The molecule has 14 heavy (non-hydrogen) atoms. The highest BCUT2D eigenvalue weighted by molar-refractivity contribution is 5.14. The zero-order chi connectivity index (χ0) is 10.6. The lowest BCUT2D eigenvalue weighted by atomic mass is 10.4. The summed E-state index contributed by atoms with van der Waals surface area (Å²) in [7, 11) is 3.46. The number of ether oxygens (including phenoxy) is 2. The minimum absolute atomic E-state index is 0.116. The molecule has 0 aliphatic rings. The Labute approximate surface area is 83.8 Å². The molecule has 1 aromatic heterocycles. The van der Waals surface area contributed by atoms with E-state index in [-0.39, 0.29) is 6.10 Å². The molecule has 0 fully saturated rings. The first-order valence-corrected chi connectivity index (χ1v) is 4.53. The molecule has 1 aromatic rings. The third-order valence-electron chi connectivity index (χ3n) is 1.86. The van der Waals surface area contributed by atoms with Gasteiger partial charge in [0.25, 0.3) is 0 Å². The van der Waals surface area contributed by atoms with E-state index in [0.29, 0.717) is 13.2 Å². The Hall–Kier alpha value is -1.07. The first-order valence-electron chi connectivity index (χ1n) is 4.53. The van der Waals surface area contributed by atoms with Crippen LogP contribution in [-0.4, -0.2) is 36.1 Å². The number of hydrogen-bond donors (Lipinski definition) is 1. The second kappa shape index (κ2) is 4.97. The lowest BCUT2D eigenvalue weighted by Gasteiger charge is -2.15. The average molecular weight is 199 g/mol. The molecule has 1 heterocycles. The van der Waals surface area contributed by atoms with Crippen LogP contribution in [0.2, 0.25) is 0 Å². The van der Waals surface area contributed by atoms with E-state index in [1.807, 2.05) is 20.0 Å². The van der Waals surface area contributed by atoms with Crippen molar-refractivity contribution in [2.45, 2.75) is 13.0 Å². The van der Waals surface area contributed by atoms with E-state index in [9.17, 15) is 0 Å². The Balaban J connectivity index is 2.61. The Morgan fingerprint density at radius 2 is 2.36 bits per heavy atom. The molecule has 0 aliphatic carbocycles. The van der Waals surface area contributed by atoms with Crippen LogP contribution in [0.5, 0.6) is 5.88 Å². The molecule has 5 heteroatoms. The van der Waals surface area contributed by atoms with Gasteiger partial charge in [-0.05, 0) is 6.92 Å². The van der Waals surface area contributed by atoms with Gasteiger partial charge in [0.15, 0.2) is 0 Å². The van der Waals surface area contributed by atoms with Gasteiger partial charge in [-0.15, -0.1) is 0 Å². The number of aryl methyl sites for hydroxylation is 2. The van der Waals surface area contributed by atoms with Gasteiger partial charge in [-0.2, -0.15) is 5.10 Å². The average Bonchev–Trinajstić information content (AvgIpc) is 2.44. The summed E-state index contributed by atoms with van der Waals surface area (Å²) in [6.07, 6.45) is -0.116. The fourth-order valence-corrected chi connectivity index (χ4v) is 1.20. The van der Waals surface area contributed by atoms with Gasteiger partial charge in [-0.3, -0.25) is 0 Å². The van der Waals surface area contributed by atoms with Gasteiger partial charge in [-0.25, -0.2) is 4.68 Å². The van der Waals surface area contributed by atoms with Crippen molar-refractivity contribution in [3.8, 4) is 5.88 Å². The Morgan fingerprint density at radius 3 is 2.79 bits per heavy atom. The molecule has 5 nitrogen and oxygen atoms in total. The topological polar surface area (TPSA) is 62.3 Å². The third kappa shape index (κ3) is 2.71. The normalized spacial score (nSPS) is 12.9. The first kappa shape index (κ1) is 11.0. The number of methoxy groups -OCH3 is 1. The van der Waals surface area contributed by atoms with Gasteiger partial charge in [0.1, 0.15) is 6.10 Å². The molecule has 0 amide bonds. The summed E-state index contributed by atoms with van der Waals surface area (Å²) in [6, 6.07) is 1.87. The summed E-state index contributed by atoms with van der Waals surface area (Å²) in [6.45, 7) is 2.83. The Morgan fingerprint density at radius 1 is 1.64 bits per heavy atom. The maximum Gasteiger partial charge on any atom is 0.212 e. The lowest BCUT2D eigenvalue weighted by molar-refractivity contribution is 0.0799. The molecule has 0 bridgehead atoms. The van der Waals surface area contributed by atoms with Gasteiger partial charge >= 0.3 is 0 Å². The Kier molecular flexibility index (Phi) is 3.91. The van der Waals surface area contributed by atoms with Gasteiger partial charge in [-0.1, -0.05) is 0 Å². The highest BCUT2D eigenvalue weighted by Gasteiger charge is 2.11. The summed E-state index contributed by atoms with van der Waals surface area (Å²) < 4.78 is 12.3. The summed E-state index contributed by atoms with van der Waals surface area (Å²) in [5, 5.41) is 4.17. The summed E-state index contributed by atoms with van der Waals surface area (Å²) in [5.41, 5.74) is 6.46. The van der Waals surface area contributed by atoms with E-state index < -0.39 is 0 Å². The quantitative estimate of drug-likeness (QED) is 0.729. The van der Waals surface area contributed by atoms with E-state index >= 15 is 0 Å². The van der Waals surface area contributed by atoms with E-state index in [4.69, 9.17) is 15.2 Å². The van der Waals surface area contributed by atoms with E-state index in [1.165, 1.54) is 0 Å². The number of rotatable bonds is 5. The molecule has 1 rings (SSSR count). The summed E-state index contributed by atoms with van der Waals surface area (Å²) in [5.74, 6) is 0.718. The number of nitrogens with two attached hydrogens (primary N) is 1. The van der Waals surface area contributed by atoms with Crippen molar-refractivity contribution < 1.29 is 9.47 Å². The second-order valence-electron chi connectivity index (χ2n) is 3.18. The van der Waals surface area contributed by atoms with Crippen molar-refractivity contribution in [1.29, 1.82) is 0 Å². The van der Waals surface area contributed by atoms with Crippen molar-refractivity contribution in [3.63, 3.8) is 0 Å². The monoisotopic (exact) mass is 199 g/mol. The molecular weight excluding hydrogens is 182 g/mol. The van der Waals surface area contributed by atoms with Crippen molar-refractivity contribution in [2.24, 2.45) is 12.8 Å². The highest BCUT2D eigenvalue weighted by Crippen LogP contribution is 2.12. The molecule has 0 aliphatic heterocycles. The van der Waals surface area contributed by atoms with Crippen LogP contribution in [0.4, 0.5) is 0 Å². The van der Waals surface area contributed by atoms with Gasteiger partial charge in [0, 0.05) is 26.8 Å². The van der Waals surface area contributed by atoms with E-state index in [2.05, 4.69) is 5.10 Å². The van der Waals surface area contributed by atoms with Crippen LogP contribution < -0.4 is 10.5 Å². The van der Waals surface area contributed by atoms with Crippen LogP contribution in [0.25, 0.3) is 0 Å². The first-order chi connectivity index (χ1) is 6.67. The van der Waals surface area contributed by atoms with Crippen LogP contribution >= 0.6 is 0 Å². The summed E-state index contributed by atoms with van der Waals surface area (Å²) >= 11 is 0. The van der Waals surface area contributed by atoms with Crippen molar-refractivity contribution in [2.75, 3.05) is 20.3 Å². The molecule has 1 atom stereocenters.